The molecule has 106 valence electrons. The molecule has 0 atom stereocenters. The maximum absolute atomic E-state index is 12.4. The molecule has 1 aromatic heterocycles. The van der Waals surface area contributed by atoms with Crippen LogP contribution in [0.25, 0.3) is 0 Å². The number of rotatable bonds is 2. The number of nitrogens with two attached hydrogens (primary N) is 1. The highest BCUT2D eigenvalue weighted by molar-refractivity contribution is 5.94. The van der Waals surface area contributed by atoms with E-state index in [0.717, 1.165) is 11.8 Å². The molecule has 1 amide bonds. The summed E-state index contributed by atoms with van der Waals surface area (Å²) in [5, 5.41) is 3.27. The Balaban J connectivity index is 1.50. The van der Waals surface area contributed by atoms with E-state index in [-0.39, 0.29) is 5.91 Å². The van der Waals surface area contributed by atoms with Crippen molar-refractivity contribution in [3.05, 3.63) is 24.0 Å². The molecule has 0 unspecified atom stereocenters. The molecule has 0 radical (unpaired) electrons. The molecular formula is C16H21N3O. The molecule has 0 aliphatic heterocycles. The van der Waals surface area contributed by atoms with E-state index in [1.807, 2.05) is 0 Å². The molecule has 4 aliphatic rings. The van der Waals surface area contributed by atoms with Gasteiger partial charge in [0.15, 0.2) is 0 Å². The van der Waals surface area contributed by atoms with Crippen molar-refractivity contribution in [3.63, 3.8) is 0 Å². The van der Waals surface area contributed by atoms with Gasteiger partial charge in [0.2, 0.25) is 0 Å². The second-order valence-electron chi connectivity index (χ2n) is 6.94. The lowest BCUT2D eigenvalue weighted by atomic mass is 9.54. The van der Waals surface area contributed by atoms with Gasteiger partial charge < -0.3 is 11.1 Å². The number of hydrogen-bond acceptors (Lipinski definition) is 3. The zero-order chi connectivity index (χ0) is 13.7. The van der Waals surface area contributed by atoms with Crippen molar-refractivity contribution in [2.45, 2.75) is 38.1 Å². The molecule has 4 aliphatic carbocycles. The number of nitrogens with one attached hydrogen (secondary N) is 1. The Hall–Kier alpha value is -1.58. The first-order chi connectivity index (χ1) is 9.69. The van der Waals surface area contributed by atoms with Gasteiger partial charge in [-0.25, -0.2) is 0 Å². The van der Waals surface area contributed by atoms with Crippen LogP contribution in [0.15, 0.2) is 18.5 Å². The normalized spacial score (nSPS) is 37.9. The van der Waals surface area contributed by atoms with Crippen molar-refractivity contribution < 1.29 is 4.79 Å². The van der Waals surface area contributed by atoms with Gasteiger partial charge in [-0.2, -0.15) is 0 Å². The van der Waals surface area contributed by atoms with Gasteiger partial charge in [-0.1, -0.05) is 0 Å². The van der Waals surface area contributed by atoms with Gasteiger partial charge in [0.25, 0.3) is 5.91 Å². The van der Waals surface area contributed by atoms with Gasteiger partial charge in [0, 0.05) is 18.4 Å². The summed E-state index contributed by atoms with van der Waals surface area (Å²) in [7, 11) is 0. The van der Waals surface area contributed by atoms with Crippen LogP contribution < -0.4 is 11.1 Å². The highest BCUT2D eigenvalue weighted by Gasteiger charge is 2.48. The number of anilines is 1. The topological polar surface area (TPSA) is 68.0 Å². The predicted molar refractivity (Wildman–Crippen MR) is 76.9 cm³/mol. The molecule has 4 bridgehead atoms. The minimum atomic E-state index is -0.0118. The lowest BCUT2D eigenvalue weighted by Gasteiger charge is -2.54. The lowest BCUT2D eigenvalue weighted by molar-refractivity contribution is -0.0119. The largest absolute Gasteiger partial charge is 0.397 e. The molecule has 4 fully saturated rings. The molecule has 3 N–H and O–H groups in total. The van der Waals surface area contributed by atoms with Crippen LogP contribution in [0.5, 0.6) is 0 Å². The van der Waals surface area contributed by atoms with Gasteiger partial charge in [-0.3, -0.25) is 9.78 Å². The van der Waals surface area contributed by atoms with Crippen LogP contribution in [-0.2, 0) is 0 Å². The zero-order valence-electron chi connectivity index (χ0n) is 11.6. The van der Waals surface area contributed by atoms with Crippen molar-refractivity contribution in [2.24, 2.45) is 23.7 Å². The van der Waals surface area contributed by atoms with Crippen LogP contribution in [-0.4, -0.2) is 16.9 Å². The summed E-state index contributed by atoms with van der Waals surface area (Å²) in [6, 6.07) is 2.08. The maximum atomic E-state index is 12.4. The van der Waals surface area contributed by atoms with E-state index in [1.54, 1.807) is 18.5 Å². The van der Waals surface area contributed by atoms with E-state index in [0.29, 0.717) is 29.1 Å². The number of hydrogen-bond donors (Lipinski definition) is 2. The molecule has 0 saturated heterocycles. The number of amides is 1. The first-order valence-electron chi connectivity index (χ1n) is 7.70. The van der Waals surface area contributed by atoms with Gasteiger partial charge in [0.1, 0.15) is 0 Å². The minimum absolute atomic E-state index is 0.0118. The van der Waals surface area contributed by atoms with Crippen LogP contribution in [0.4, 0.5) is 5.69 Å². The molecule has 5 rings (SSSR count). The Morgan fingerprint density at radius 3 is 2.35 bits per heavy atom. The molecule has 4 nitrogen and oxygen atoms in total. The average Bonchev–Trinajstić information content (AvgIpc) is 2.42. The molecule has 1 heterocycles. The molecule has 0 spiro atoms. The Kier molecular flexibility index (Phi) is 2.72. The predicted octanol–water partition coefficient (Wildman–Crippen LogP) is 2.22. The zero-order valence-corrected chi connectivity index (χ0v) is 11.6. The Labute approximate surface area is 119 Å². The molecular weight excluding hydrogens is 250 g/mol. The first-order valence-corrected chi connectivity index (χ1v) is 7.70. The smallest absolute Gasteiger partial charge is 0.253 e. The summed E-state index contributed by atoms with van der Waals surface area (Å²) in [5.41, 5.74) is 6.83. The molecule has 4 heteroatoms. The summed E-state index contributed by atoms with van der Waals surface area (Å²) in [4.78, 5) is 16.4. The van der Waals surface area contributed by atoms with Crippen molar-refractivity contribution in [1.29, 1.82) is 0 Å². The van der Waals surface area contributed by atoms with Crippen molar-refractivity contribution >= 4 is 11.6 Å². The summed E-state index contributed by atoms with van der Waals surface area (Å²) in [5.74, 6) is 3.25. The van der Waals surface area contributed by atoms with E-state index in [2.05, 4.69) is 10.3 Å². The second-order valence-corrected chi connectivity index (χ2v) is 6.94. The van der Waals surface area contributed by atoms with E-state index in [1.165, 1.54) is 32.1 Å². The summed E-state index contributed by atoms with van der Waals surface area (Å²) in [6.45, 7) is 0. The summed E-state index contributed by atoms with van der Waals surface area (Å²) >= 11 is 0. The molecule has 1 aromatic rings. The number of carbonyl (C=O) groups excluding carboxylic acids is 1. The van der Waals surface area contributed by atoms with Crippen LogP contribution >= 0.6 is 0 Å². The van der Waals surface area contributed by atoms with Gasteiger partial charge in [-0.15, -0.1) is 0 Å². The molecule has 20 heavy (non-hydrogen) atoms. The molecule has 0 aromatic carbocycles. The Morgan fingerprint density at radius 2 is 1.75 bits per heavy atom. The quantitative estimate of drug-likeness (QED) is 0.866. The van der Waals surface area contributed by atoms with Crippen LogP contribution in [0.3, 0.4) is 0 Å². The monoisotopic (exact) mass is 271 g/mol. The number of pyridine rings is 1. The number of nitrogens with zero attached hydrogens (tertiary/aromatic N) is 1. The van der Waals surface area contributed by atoms with Gasteiger partial charge in [0.05, 0.1) is 11.3 Å². The standard InChI is InChI=1S/C16H21N3O/c17-14-6-13(7-18-8-14)16(20)19-15-11-2-9-1-10(4-11)5-12(15)3-9/h6-12,15H,1-5,17H2,(H,19,20). The van der Waals surface area contributed by atoms with E-state index in [9.17, 15) is 4.79 Å². The molecule has 4 saturated carbocycles. The Bertz CT molecular complexity index is 514. The SMILES string of the molecule is Nc1cncc(C(=O)NC2C3CC4CC(C3)CC2C4)c1. The Morgan fingerprint density at radius 1 is 1.10 bits per heavy atom. The minimum Gasteiger partial charge on any atom is -0.397 e. The maximum Gasteiger partial charge on any atom is 0.253 e. The van der Waals surface area contributed by atoms with Crippen LogP contribution in [0.1, 0.15) is 42.5 Å². The second kappa shape index (κ2) is 4.47. The highest BCUT2D eigenvalue weighted by Crippen LogP contribution is 2.53. The van der Waals surface area contributed by atoms with Crippen molar-refractivity contribution in [2.75, 3.05) is 5.73 Å². The first kappa shape index (κ1) is 12.2. The van der Waals surface area contributed by atoms with E-state index >= 15 is 0 Å². The number of carbonyl (C=O) groups is 1. The third kappa shape index (κ3) is 1.98. The fourth-order valence-electron chi connectivity index (χ4n) is 4.98. The fourth-order valence-corrected chi connectivity index (χ4v) is 4.98. The number of nitrogen functional groups attached to an aromatic ring is 1. The third-order valence-electron chi connectivity index (χ3n) is 5.55. The highest BCUT2D eigenvalue weighted by atomic mass is 16.1. The number of aromatic nitrogens is 1. The summed E-state index contributed by atoms with van der Waals surface area (Å²) < 4.78 is 0. The third-order valence-corrected chi connectivity index (χ3v) is 5.55. The van der Waals surface area contributed by atoms with Crippen molar-refractivity contribution in [3.8, 4) is 0 Å². The average molecular weight is 271 g/mol. The summed E-state index contributed by atoms with van der Waals surface area (Å²) in [6.07, 6.45) is 9.86. The van der Waals surface area contributed by atoms with Gasteiger partial charge >= 0.3 is 0 Å². The van der Waals surface area contributed by atoms with Crippen LogP contribution in [0.2, 0.25) is 0 Å². The van der Waals surface area contributed by atoms with Crippen LogP contribution in [0, 0.1) is 23.7 Å². The lowest BCUT2D eigenvalue weighted by Crippen LogP contribution is -2.55. The van der Waals surface area contributed by atoms with E-state index < -0.39 is 0 Å². The fraction of sp³-hybridized carbons (Fsp3) is 0.625. The van der Waals surface area contributed by atoms with Gasteiger partial charge in [-0.05, 0) is 61.8 Å². The van der Waals surface area contributed by atoms with E-state index in [4.69, 9.17) is 5.73 Å². The van der Waals surface area contributed by atoms with Crippen molar-refractivity contribution in [1.82, 2.24) is 10.3 Å².